The van der Waals surface area contributed by atoms with E-state index in [1.165, 1.54) is 30.2 Å². The summed E-state index contributed by atoms with van der Waals surface area (Å²) in [4.78, 5) is 12.8. The predicted molar refractivity (Wildman–Crippen MR) is 85.2 cm³/mol. The van der Waals surface area contributed by atoms with Crippen LogP contribution in [0.15, 0.2) is 46.3 Å². The number of aryl methyl sites for hydroxylation is 1. The molecule has 3 heterocycles. The number of thioether (sulfide) groups is 1. The van der Waals surface area contributed by atoms with Crippen LogP contribution in [-0.2, 0) is 5.75 Å². The van der Waals surface area contributed by atoms with Crippen LogP contribution in [0, 0.1) is 12.7 Å². The largest absolute Gasteiger partial charge is 0.338 e. The molecule has 0 amide bonds. The highest BCUT2D eigenvalue weighted by Gasteiger charge is 2.13. The smallest absolute Gasteiger partial charge is 0.237 e. The lowest BCUT2D eigenvalue weighted by atomic mass is 10.3. The first kappa shape index (κ1) is 14.8. The van der Waals surface area contributed by atoms with Gasteiger partial charge in [0.05, 0.1) is 23.0 Å². The van der Waals surface area contributed by atoms with E-state index in [0.717, 1.165) is 16.1 Å². The van der Waals surface area contributed by atoms with Gasteiger partial charge in [-0.05, 0) is 31.2 Å². The van der Waals surface area contributed by atoms with Gasteiger partial charge in [-0.2, -0.15) is 10.1 Å². The molecule has 0 aliphatic carbocycles. The van der Waals surface area contributed by atoms with E-state index >= 15 is 0 Å². The van der Waals surface area contributed by atoms with Crippen molar-refractivity contribution in [3.8, 4) is 5.69 Å². The molecule has 24 heavy (non-hydrogen) atoms. The third-order valence-electron chi connectivity index (χ3n) is 3.30. The summed E-state index contributed by atoms with van der Waals surface area (Å²) in [6.45, 7) is 1.77. The Balaban J connectivity index is 1.67. The second-order valence-corrected chi connectivity index (χ2v) is 5.94. The summed E-state index contributed by atoms with van der Waals surface area (Å²) in [6.07, 6.45) is 3.17. The Kier molecular flexibility index (Phi) is 3.69. The molecule has 0 saturated carbocycles. The van der Waals surface area contributed by atoms with Gasteiger partial charge < -0.3 is 4.52 Å². The monoisotopic (exact) mass is 342 g/mol. The number of fused-ring (bicyclic) bond motifs is 1. The molecular formula is C15H11FN6OS. The van der Waals surface area contributed by atoms with E-state index in [1.54, 1.807) is 29.9 Å². The molecule has 0 saturated heterocycles. The lowest BCUT2D eigenvalue weighted by molar-refractivity contribution is 0.387. The average Bonchev–Trinajstić information content (AvgIpc) is 3.20. The van der Waals surface area contributed by atoms with Gasteiger partial charge in [-0.1, -0.05) is 16.9 Å². The quantitative estimate of drug-likeness (QED) is 0.416. The number of benzene rings is 1. The minimum atomic E-state index is -0.295. The molecule has 0 radical (unpaired) electrons. The number of hydrogen-bond acceptors (Lipinski definition) is 7. The van der Waals surface area contributed by atoms with E-state index in [0.29, 0.717) is 23.1 Å². The van der Waals surface area contributed by atoms with Crippen LogP contribution in [0.5, 0.6) is 0 Å². The molecule has 0 aliphatic rings. The van der Waals surface area contributed by atoms with Gasteiger partial charge in [-0.15, -0.1) is 0 Å². The number of rotatable bonds is 4. The highest BCUT2D eigenvalue weighted by Crippen LogP contribution is 2.27. The maximum Gasteiger partial charge on any atom is 0.237 e. The van der Waals surface area contributed by atoms with Crippen molar-refractivity contribution in [2.45, 2.75) is 17.7 Å². The molecule has 120 valence electrons. The Morgan fingerprint density at radius 1 is 1.21 bits per heavy atom. The van der Waals surface area contributed by atoms with Crippen molar-refractivity contribution < 1.29 is 8.91 Å². The summed E-state index contributed by atoms with van der Waals surface area (Å²) in [5, 5.41) is 9.68. The second-order valence-electron chi connectivity index (χ2n) is 4.97. The van der Waals surface area contributed by atoms with Gasteiger partial charge in [0.2, 0.25) is 5.89 Å². The molecule has 0 aliphatic heterocycles. The zero-order valence-electron chi connectivity index (χ0n) is 12.5. The van der Waals surface area contributed by atoms with Crippen LogP contribution < -0.4 is 0 Å². The summed E-state index contributed by atoms with van der Waals surface area (Å²) < 4.78 is 19.8. The van der Waals surface area contributed by atoms with Gasteiger partial charge in [-0.25, -0.2) is 19.0 Å². The molecule has 0 N–H and O–H groups in total. The Hall–Kier alpha value is -2.81. The van der Waals surface area contributed by atoms with Gasteiger partial charge >= 0.3 is 0 Å². The van der Waals surface area contributed by atoms with E-state index in [4.69, 9.17) is 4.52 Å². The standard InChI is InChI=1S/C15H11FN6OS/c1-9-20-13(23-21-9)7-24-15-12-6-19-22(14(12)17-8-18-15)11-4-2-10(16)3-5-11/h2-6,8H,7H2,1H3. The Morgan fingerprint density at radius 2 is 2.04 bits per heavy atom. The van der Waals surface area contributed by atoms with Crippen LogP contribution in [0.2, 0.25) is 0 Å². The number of halogens is 1. The van der Waals surface area contributed by atoms with Crippen LogP contribution in [0.25, 0.3) is 16.7 Å². The Morgan fingerprint density at radius 3 is 2.79 bits per heavy atom. The molecule has 7 nitrogen and oxygen atoms in total. The van der Waals surface area contributed by atoms with E-state index in [2.05, 4.69) is 25.2 Å². The third kappa shape index (κ3) is 2.73. The maximum absolute atomic E-state index is 13.1. The number of nitrogens with zero attached hydrogens (tertiary/aromatic N) is 6. The van der Waals surface area contributed by atoms with Crippen molar-refractivity contribution >= 4 is 22.8 Å². The second kappa shape index (κ2) is 6.00. The fourth-order valence-corrected chi connectivity index (χ4v) is 3.04. The van der Waals surface area contributed by atoms with E-state index in [-0.39, 0.29) is 5.82 Å². The topological polar surface area (TPSA) is 82.5 Å². The van der Waals surface area contributed by atoms with Crippen LogP contribution in [-0.4, -0.2) is 29.9 Å². The molecule has 0 bridgehead atoms. The number of hydrogen-bond donors (Lipinski definition) is 0. The molecule has 0 unspecified atom stereocenters. The molecule has 3 aromatic heterocycles. The fourth-order valence-electron chi connectivity index (χ4n) is 2.24. The third-order valence-corrected chi connectivity index (χ3v) is 4.29. The average molecular weight is 342 g/mol. The maximum atomic E-state index is 13.1. The highest BCUT2D eigenvalue weighted by atomic mass is 32.2. The molecule has 0 spiro atoms. The molecule has 1 aromatic carbocycles. The SMILES string of the molecule is Cc1noc(CSc2ncnc3c2cnn3-c2ccc(F)cc2)n1. The van der Waals surface area contributed by atoms with Crippen molar-refractivity contribution in [1.82, 2.24) is 29.9 Å². The minimum Gasteiger partial charge on any atom is -0.338 e. The first-order valence-electron chi connectivity index (χ1n) is 7.07. The molecule has 4 rings (SSSR count). The Labute approximate surface area is 139 Å². The first-order valence-corrected chi connectivity index (χ1v) is 8.06. The van der Waals surface area contributed by atoms with Crippen LogP contribution >= 0.6 is 11.8 Å². The van der Waals surface area contributed by atoms with E-state index in [9.17, 15) is 4.39 Å². The van der Waals surface area contributed by atoms with Gasteiger partial charge in [0.1, 0.15) is 17.2 Å². The Bertz CT molecular complexity index is 997. The van der Waals surface area contributed by atoms with Gasteiger partial charge in [0.15, 0.2) is 11.5 Å². The zero-order valence-corrected chi connectivity index (χ0v) is 13.4. The first-order chi connectivity index (χ1) is 11.7. The molecule has 0 atom stereocenters. The molecule has 4 aromatic rings. The zero-order chi connectivity index (χ0) is 16.5. The minimum absolute atomic E-state index is 0.295. The van der Waals surface area contributed by atoms with Gasteiger partial charge in [0.25, 0.3) is 0 Å². The summed E-state index contributed by atoms with van der Waals surface area (Å²) >= 11 is 1.47. The highest BCUT2D eigenvalue weighted by molar-refractivity contribution is 7.98. The summed E-state index contributed by atoms with van der Waals surface area (Å²) in [6, 6.07) is 6.07. The lowest BCUT2D eigenvalue weighted by Crippen LogP contribution is -1.98. The lowest BCUT2D eigenvalue weighted by Gasteiger charge is -2.03. The van der Waals surface area contributed by atoms with Crippen molar-refractivity contribution in [2.24, 2.45) is 0 Å². The van der Waals surface area contributed by atoms with Gasteiger partial charge in [0, 0.05) is 0 Å². The summed E-state index contributed by atoms with van der Waals surface area (Å²) in [7, 11) is 0. The van der Waals surface area contributed by atoms with Crippen LogP contribution in [0.4, 0.5) is 4.39 Å². The van der Waals surface area contributed by atoms with Gasteiger partial charge in [-0.3, -0.25) is 0 Å². The number of aromatic nitrogens is 6. The van der Waals surface area contributed by atoms with Crippen molar-refractivity contribution in [1.29, 1.82) is 0 Å². The van der Waals surface area contributed by atoms with Crippen molar-refractivity contribution in [3.63, 3.8) is 0 Å². The van der Waals surface area contributed by atoms with Crippen LogP contribution in [0.1, 0.15) is 11.7 Å². The van der Waals surface area contributed by atoms with Crippen molar-refractivity contribution in [3.05, 3.63) is 54.3 Å². The van der Waals surface area contributed by atoms with Crippen LogP contribution in [0.3, 0.4) is 0 Å². The molecular weight excluding hydrogens is 331 g/mol. The molecule has 9 heteroatoms. The summed E-state index contributed by atoms with van der Waals surface area (Å²) in [5.41, 5.74) is 1.38. The van der Waals surface area contributed by atoms with Crippen molar-refractivity contribution in [2.75, 3.05) is 0 Å². The predicted octanol–water partition coefficient (Wildman–Crippen LogP) is 2.94. The fraction of sp³-hybridized carbons (Fsp3) is 0.133. The van der Waals surface area contributed by atoms with E-state index < -0.39 is 0 Å². The summed E-state index contributed by atoms with van der Waals surface area (Å²) in [5.74, 6) is 1.35. The normalized spacial score (nSPS) is 11.2. The molecule has 0 fully saturated rings. The van der Waals surface area contributed by atoms with E-state index in [1.807, 2.05) is 0 Å².